The first-order valence-electron chi connectivity index (χ1n) is 12.2. The van der Waals surface area contributed by atoms with Crippen LogP contribution in [0.3, 0.4) is 0 Å². The number of carbonyl (C=O) groups is 3. The summed E-state index contributed by atoms with van der Waals surface area (Å²) < 4.78 is 17.4. The largest absolute Gasteiger partial charge is 0.499 e. The predicted molar refractivity (Wildman–Crippen MR) is 122 cm³/mol. The van der Waals surface area contributed by atoms with E-state index >= 15 is 0 Å². The summed E-state index contributed by atoms with van der Waals surface area (Å²) in [6, 6.07) is 0. The number of esters is 2. The Kier molecular flexibility index (Phi) is 4.53. The molecule has 1 saturated heterocycles. The number of fused-ring (bicyclic) bond motifs is 3. The maximum Gasteiger partial charge on any atom is 0.321 e. The van der Waals surface area contributed by atoms with E-state index in [-0.39, 0.29) is 23.6 Å². The Bertz CT molecular complexity index is 1080. The summed E-state index contributed by atoms with van der Waals surface area (Å²) in [5.41, 5.74) is -3.80. The normalized spacial score (nSPS) is 48.4. The number of ether oxygens (including phenoxy) is 3. The molecule has 186 valence electrons. The highest BCUT2D eigenvalue weighted by molar-refractivity contribution is 6.11. The van der Waals surface area contributed by atoms with Crippen molar-refractivity contribution < 1.29 is 33.7 Å². The lowest BCUT2D eigenvalue weighted by atomic mass is 9.33. The number of hydrogen-bond donors (Lipinski definition) is 1. The maximum absolute atomic E-state index is 14.0. The number of hydrogen-bond acceptors (Lipinski definition) is 7. The van der Waals surface area contributed by atoms with Gasteiger partial charge < -0.3 is 19.3 Å². The first-order valence-corrected chi connectivity index (χ1v) is 12.2. The molecule has 0 aromatic heterocycles. The van der Waals surface area contributed by atoms with Crippen LogP contribution in [0.1, 0.15) is 60.8 Å². The molecule has 34 heavy (non-hydrogen) atoms. The molecule has 2 bridgehead atoms. The number of aliphatic hydroxyl groups excluding tert-OH is 1. The summed E-state index contributed by atoms with van der Waals surface area (Å²) in [5.74, 6) is -1.18. The van der Waals surface area contributed by atoms with Crippen molar-refractivity contribution in [1.29, 1.82) is 0 Å². The Labute approximate surface area is 200 Å². The van der Waals surface area contributed by atoms with Gasteiger partial charge in [-0.2, -0.15) is 0 Å². The van der Waals surface area contributed by atoms with Crippen LogP contribution in [0.15, 0.2) is 23.0 Å². The molecule has 0 spiro atoms. The molecule has 0 radical (unpaired) electrons. The Morgan fingerprint density at radius 1 is 1.15 bits per heavy atom. The Hall–Kier alpha value is -2.15. The van der Waals surface area contributed by atoms with E-state index in [2.05, 4.69) is 6.08 Å². The Morgan fingerprint density at radius 2 is 1.79 bits per heavy atom. The van der Waals surface area contributed by atoms with Gasteiger partial charge in [0, 0.05) is 22.8 Å². The summed E-state index contributed by atoms with van der Waals surface area (Å²) in [4.78, 5) is 41.6. The van der Waals surface area contributed by atoms with Gasteiger partial charge in [0.2, 0.25) is 0 Å². The number of aliphatic hydroxyl groups is 1. The number of methoxy groups -OCH3 is 2. The molecule has 4 aliphatic carbocycles. The summed E-state index contributed by atoms with van der Waals surface area (Å²) in [7, 11) is 2.84. The van der Waals surface area contributed by atoms with Crippen molar-refractivity contribution in [2.45, 2.75) is 73.0 Å². The lowest BCUT2D eigenvalue weighted by Gasteiger charge is -2.66. The average molecular weight is 473 g/mol. The van der Waals surface area contributed by atoms with E-state index in [9.17, 15) is 19.5 Å². The van der Waals surface area contributed by atoms with Gasteiger partial charge in [-0.05, 0) is 45.4 Å². The third kappa shape index (κ3) is 2.02. The molecule has 0 aromatic rings. The van der Waals surface area contributed by atoms with Crippen molar-refractivity contribution in [1.82, 2.24) is 0 Å². The van der Waals surface area contributed by atoms with Crippen LogP contribution in [0.4, 0.5) is 0 Å². The monoisotopic (exact) mass is 472 g/mol. The minimum Gasteiger partial charge on any atom is -0.499 e. The zero-order chi connectivity index (χ0) is 25.2. The molecule has 0 unspecified atom stereocenters. The SMILES string of the molecule is COC(=O)[C@@]12C(OC)=C(C)C(=O)[C@]1(C)C(C)=C[C@H]1[C@]34CC[C@H](O)C(C)(C)[C@H]3[C@H](C[C@@]12C)OC4=O. The second-order valence-corrected chi connectivity index (χ2v) is 12.1. The van der Waals surface area contributed by atoms with Crippen LogP contribution < -0.4 is 0 Å². The summed E-state index contributed by atoms with van der Waals surface area (Å²) in [6.07, 6.45) is 2.34. The molecule has 7 nitrogen and oxygen atoms in total. The van der Waals surface area contributed by atoms with Crippen LogP contribution >= 0.6 is 0 Å². The maximum atomic E-state index is 14.0. The molecule has 1 heterocycles. The van der Waals surface area contributed by atoms with E-state index in [4.69, 9.17) is 14.2 Å². The number of rotatable bonds is 2. The van der Waals surface area contributed by atoms with Crippen LogP contribution in [0.25, 0.3) is 0 Å². The first-order chi connectivity index (χ1) is 15.7. The van der Waals surface area contributed by atoms with Gasteiger partial charge in [-0.3, -0.25) is 14.4 Å². The standard InChI is InChI=1S/C27H36O7/c1-13-11-16-24(5,27(22(31)33-8)20(32-7)14(2)19(29)25(13,27)6)12-15-18-23(3,4)17(28)9-10-26(16,18)21(30)34-15/h11,15-18,28H,9-10,12H2,1-8H3/t15-,16+,17-,18+,24-,25-,26+,27+/m0/s1. The van der Waals surface area contributed by atoms with E-state index < -0.39 is 45.3 Å². The molecule has 0 aromatic carbocycles. The van der Waals surface area contributed by atoms with Crippen molar-refractivity contribution in [3.05, 3.63) is 23.0 Å². The van der Waals surface area contributed by atoms with Gasteiger partial charge in [0.1, 0.15) is 17.3 Å². The third-order valence-corrected chi connectivity index (χ3v) is 10.9. The molecule has 2 saturated carbocycles. The summed E-state index contributed by atoms with van der Waals surface area (Å²) in [5, 5.41) is 10.9. The van der Waals surface area contributed by atoms with Gasteiger partial charge in [-0.15, -0.1) is 0 Å². The molecule has 3 fully saturated rings. The Balaban J connectivity index is 1.88. The second-order valence-electron chi connectivity index (χ2n) is 12.1. The van der Waals surface area contributed by atoms with E-state index in [1.165, 1.54) is 14.2 Å². The Morgan fingerprint density at radius 3 is 2.38 bits per heavy atom. The summed E-state index contributed by atoms with van der Waals surface area (Å²) in [6.45, 7) is 11.4. The highest BCUT2D eigenvalue weighted by atomic mass is 16.6. The number of Topliss-reactive ketones (excluding diaryl/α,β-unsaturated/α-hetero) is 1. The van der Waals surface area contributed by atoms with E-state index in [1.54, 1.807) is 6.92 Å². The molecular formula is C27H36O7. The van der Waals surface area contributed by atoms with Gasteiger partial charge in [-0.1, -0.05) is 32.4 Å². The van der Waals surface area contributed by atoms with Crippen molar-refractivity contribution in [3.8, 4) is 0 Å². The van der Waals surface area contributed by atoms with E-state index in [0.717, 1.165) is 5.57 Å². The topological polar surface area (TPSA) is 99.1 Å². The fourth-order valence-corrected chi connectivity index (χ4v) is 9.46. The molecule has 8 atom stereocenters. The van der Waals surface area contributed by atoms with Crippen molar-refractivity contribution >= 4 is 17.7 Å². The fourth-order valence-electron chi connectivity index (χ4n) is 9.46. The minimum atomic E-state index is -1.43. The quantitative estimate of drug-likeness (QED) is 0.486. The predicted octanol–water partition coefficient (Wildman–Crippen LogP) is 3.35. The van der Waals surface area contributed by atoms with Crippen molar-refractivity contribution in [2.75, 3.05) is 14.2 Å². The fraction of sp³-hybridized carbons (Fsp3) is 0.741. The van der Waals surface area contributed by atoms with Gasteiger partial charge in [0.25, 0.3) is 0 Å². The first kappa shape index (κ1) is 23.6. The van der Waals surface area contributed by atoms with Crippen LogP contribution in [0, 0.1) is 38.9 Å². The van der Waals surface area contributed by atoms with Crippen LogP contribution in [0.2, 0.25) is 0 Å². The smallest absolute Gasteiger partial charge is 0.321 e. The molecular weight excluding hydrogens is 436 g/mol. The number of allylic oxidation sites excluding steroid dienone is 3. The average Bonchev–Trinajstić information content (AvgIpc) is 3.13. The van der Waals surface area contributed by atoms with Crippen LogP contribution in [-0.4, -0.2) is 49.3 Å². The van der Waals surface area contributed by atoms with E-state index in [0.29, 0.717) is 30.6 Å². The highest BCUT2D eigenvalue weighted by Crippen LogP contribution is 2.79. The van der Waals surface area contributed by atoms with Gasteiger partial charge in [-0.25, -0.2) is 0 Å². The minimum absolute atomic E-state index is 0.151. The molecule has 7 heteroatoms. The van der Waals surface area contributed by atoms with Crippen molar-refractivity contribution in [3.63, 3.8) is 0 Å². The van der Waals surface area contributed by atoms with Gasteiger partial charge >= 0.3 is 11.9 Å². The lowest BCUT2D eigenvalue weighted by molar-refractivity contribution is -0.213. The van der Waals surface area contributed by atoms with Crippen LogP contribution in [-0.2, 0) is 28.6 Å². The van der Waals surface area contributed by atoms with Crippen LogP contribution in [0.5, 0.6) is 0 Å². The second kappa shape index (κ2) is 6.54. The molecule has 1 N–H and O–H groups in total. The zero-order valence-corrected chi connectivity index (χ0v) is 21.4. The van der Waals surface area contributed by atoms with Gasteiger partial charge in [0.15, 0.2) is 5.78 Å². The molecule has 1 aliphatic heterocycles. The molecule has 5 aliphatic rings. The van der Waals surface area contributed by atoms with Gasteiger partial charge in [0.05, 0.1) is 31.2 Å². The lowest BCUT2D eigenvalue weighted by Crippen LogP contribution is -2.70. The van der Waals surface area contributed by atoms with Crippen molar-refractivity contribution in [2.24, 2.45) is 38.9 Å². The molecule has 5 rings (SSSR count). The molecule has 0 amide bonds. The highest BCUT2D eigenvalue weighted by Gasteiger charge is 2.84. The number of ketones is 1. The van der Waals surface area contributed by atoms with E-state index in [1.807, 2.05) is 34.6 Å². The zero-order valence-electron chi connectivity index (χ0n) is 21.4. The summed E-state index contributed by atoms with van der Waals surface area (Å²) >= 11 is 0. The number of carbonyl (C=O) groups excluding carboxylic acids is 3. The third-order valence-electron chi connectivity index (χ3n) is 10.9.